The molecular weight excluding hydrogens is 218 g/mol. The van der Waals surface area contributed by atoms with Gasteiger partial charge in [0, 0.05) is 18.2 Å². The van der Waals surface area contributed by atoms with Gasteiger partial charge in [0.05, 0.1) is 4.92 Å². The lowest BCUT2D eigenvalue weighted by Crippen LogP contribution is -2.15. The number of hydrogen-bond donors (Lipinski definition) is 1. The Hall–Kier alpha value is -1.72. The maximum absolute atomic E-state index is 13.2. The molecule has 0 radical (unpaired) electrons. The third-order valence-corrected chi connectivity index (χ3v) is 2.23. The highest BCUT2D eigenvalue weighted by Gasteiger charge is 2.22. The van der Waals surface area contributed by atoms with Gasteiger partial charge in [-0.05, 0) is 13.3 Å². The molecule has 6 heteroatoms. The molecule has 0 aliphatic heterocycles. The highest BCUT2D eigenvalue weighted by molar-refractivity contribution is 5.62. The van der Waals surface area contributed by atoms with Crippen molar-refractivity contribution in [2.45, 2.75) is 26.3 Å². The maximum atomic E-state index is 13.2. The summed E-state index contributed by atoms with van der Waals surface area (Å²) in [5.74, 6) is -2.01. The minimum atomic E-state index is -1.17. The second kappa shape index (κ2) is 4.87. The van der Waals surface area contributed by atoms with E-state index >= 15 is 0 Å². The first-order chi connectivity index (χ1) is 7.45. The van der Waals surface area contributed by atoms with Crippen LogP contribution >= 0.6 is 0 Å². The third kappa shape index (κ3) is 2.65. The molecule has 0 fully saturated rings. The molecule has 0 aromatic heterocycles. The molecule has 1 rings (SSSR count). The molecule has 1 unspecified atom stereocenters. The van der Waals surface area contributed by atoms with Gasteiger partial charge in [-0.25, -0.2) is 4.39 Å². The highest BCUT2D eigenvalue weighted by atomic mass is 19.1. The Labute approximate surface area is 91.4 Å². The van der Waals surface area contributed by atoms with Crippen molar-refractivity contribution in [1.29, 1.82) is 0 Å². The number of benzene rings is 1. The second-order valence-corrected chi connectivity index (χ2v) is 3.49. The quantitative estimate of drug-likeness (QED) is 0.638. The summed E-state index contributed by atoms with van der Waals surface area (Å²) < 4.78 is 26.1. The standard InChI is InChI=1S/C10H12F2N2O2/c1-3-6(2)13-9-5-7(11)4-8(12)10(9)14(15)16/h4-6,13H,3H2,1-2H3. The number of hydrogen-bond acceptors (Lipinski definition) is 3. The van der Waals surface area contributed by atoms with Crippen molar-refractivity contribution in [3.63, 3.8) is 0 Å². The largest absolute Gasteiger partial charge is 0.377 e. The first-order valence-corrected chi connectivity index (χ1v) is 4.85. The summed E-state index contributed by atoms with van der Waals surface area (Å²) in [5.41, 5.74) is -0.849. The van der Waals surface area contributed by atoms with E-state index in [1.165, 1.54) is 0 Å². The highest BCUT2D eigenvalue weighted by Crippen LogP contribution is 2.29. The van der Waals surface area contributed by atoms with Gasteiger partial charge in [0.1, 0.15) is 11.5 Å². The van der Waals surface area contributed by atoms with E-state index < -0.39 is 22.2 Å². The first kappa shape index (κ1) is 12.4. The van der Waals surface area contributed by atoms with Crippen LogP contribution in [0.1, 0.15) is 20.3 Å². The van der Waals surface area contributed by atoms with Gasteiger partial charge in [-0.15, -0.1) is 0 Å². The Bertz CT molecular complexity index is 410. The second-order valence-electron chi connectivity index (χ2n) is 3.49. The average molecular weight is 230 g/mol. The Balaban J connectivity index is 3.19. The van der Waals surface area contributed by atoms with Gasteiger partial charge in [-0.2, -0.15) is 4.39 Å². The minimum Gasteiger partial charge on any atom is -0.377 e. The number of nitrogens with zero attached hydrogens (tertiary/aromatic N) is 1. The van der Waals surface area contributed by atoms with E-state index in [1.807, 2.05) is 6.92 Å². The molecule has 0 aliphatic rings. The fourth-order valence-electron chi connectivity index (χ4n) is 1.23. The molecule has 4 nitrogen and oxygen atoms in total. The van der Waals surface area contributed by atoms with Gasteiger partial charge in [-0.1, -0.05) is 6.92 Å². The van der Waals surface area contributed by atoms with Crippen LogP contribution in [-0.2, 0) is 0 Å². The lowest BCUT2D eigenvalue weighted by molar-refractivity contribution is -0.386. The van der Waals surface area contributed by atoms with Gasteiger partial charge in [0.25, 0.3) is 0 Å². The van der Waals surface area contributed by atoms with Crippen LogP contribution in [0.5, 0.6) is 0 Å². The maximum Gasteiger partial charge on any atom is 0.327 e. The van der Waals surface area contributed by atoms with E-state index in [0.29, 0.717) is 12.5 Å². The Kier molecular flexibility index (Phi) is 3.76. The molecule has 88 valence electrons. The molecule has 1 atom stereocenters. The van der Waals surface area contributed by atoms with Crippen molar-refractivity contribution in [2.75, 3.05) is 5.32 Å². The summed E-state index contributed by atoms with van der Waals surface area (Å²) in [6, 6.07) is 1.33. The van der Waals surface area contributed by atoms with Crippen LogP contribution in [0.2, 0.25) is 0 Å². The first-order valence-electron chi connectivity index (χ1n) is 4.85. The molecule has 0 aliphatic carbocycles. The summed E-state index contributed by atoms with van der Waals surface area (Å²) in [7, 11) is 0. The van der Waals surface area contributed by atoms with Crippen LogP contribution in [-0.4, -0.2) is 11.0 Å². The van der Waals surface area contributed by atoms with Crippen molar-refractivity contribution in [1.82, 2.24) is 0 Å². The van der Waals surface area contributed by atoms with Crippen LogP contribution in [0.4, 0.5) is 20.2 Å². The normalized spacial score (nSPS) is 12.2. The van der Waals surface area contributed by atoms with E-state index in [0.717, 1.165) is 6.07 Å². The van der Waals surface area contributed by atoms with Crippen LogP contribution in [0.25, 0.3) is 0 Å². The van der Waals surface area contributed by atoms with E-state index in [9.17, 15) is 18.9 Å². The molecule has 0 amide bonds. The predicted molar refractivity (Wildman–Crippen MR) is 56.4 cm³/mol. The smallest absolute Gasteiger partial charge is 0.327 e. The zero-order chi connectivity index (χ0) is 12.3. The predicted octanol–water partition coefficient (Wildman–Crippen LogP) is 3.08. The number of rotatable bonds is 4. The van der Waals surface area contributed by atoms with Crippen LogP contribution < -0.4 is 5.32 Å². The number of nitrogens with one attached hydrogen (secondary N) is 1. The molecule has 16 heavy (non-hydrogen) atoms. The summed E-state index contributed by atoms with van der Waals surface area (Å²) in [6.45, 7) is 3.63. The molecule has 1 aromatic carbocycles. The van der Waals surface area contributed by atoms with Gasteiger partial charge in [0.2, 0.25) is 5.82 Å². The van der Waals surface area contributed by atoms with Crippen molar-refractivity contribution < 1.29 is 13.7 Å². The SMILES string of the molecule is CCC(C)Nc1cc(F)cc(F)c1[N+](=O)[O-]. The van der Waals surface area contributed by atoms with Crippen LogP contribution in [0, 0.1) is 21.7 Å². The minimum absolute atomic E-state index is 0.0973. The zero-order valence-corrected chi connectivity index (χ0v) is 8.96. The third-order valence-electron chi connectivity index (χ3n) is 2.23. The Morgan fingerprint density at radius 2 is 2.12 bits per heavy atom. The molecular formula is C10H12F2N2O2. The lowest BCUT2D eigenvalue weighted by Gasteiger charge is -2.13. The number of nitro benzene ring substituents is 1. The summed E-state index contributed by atoms with van der Waals surface area (Å²) >= 11 is 0. The van der Waals surface area contributed by atoms with Gasteiger partial charge < -0.3 is 5.32 Å². The monoisotopic (exact) mass is 230 g/mol. The Morgan fingerprint density at radius 1 is 1.50 bits per heavy atom. The lowest BCUT2D eigenvalue weighted by atomic mass is 10.2. The molecule has 1 N–H and O–H groups in total. The topological polar surface area (TPSA) is 55.2 Å². The molecule has 0 bridgehead atoms. The Morgan fingerprint density at radius 3 is 2.62 bits per heavy atom. The summed E-state index contributed by atoms with van der Waals surface area (Å²) in [6.07, 6.45) is 0.690. The summed E-state index contributed by atoms with van der Waals surface area (Å²) in [5, 5.41) is 13.3. The molecule has 0 heterocycles. The van der Waals surface area contributed by atoms with Crippen LogP contribution in [0.15, 0.2) is 12.1 Å². The number of anilines is 1. The molecule has 0 spiro atoms. The van der Waals surface area contributed by atoms with E-state index in [4.69, 9.17) is 0 Å². The zero-order valence-electron chi connectivity index (χ0n) is 8.96. The summed E-state index contributed by atoms with van der Waals surface area (Å²) in [4.78, 5) is 9.77. The van der Waals surface area contributed by atoms with Gasteiger partial charge in [-0.3, -0.25) is 10.1 Å². The number of halogens is 2. The molecule has 1 aromatic rings. The van der Waals surface area contributed by atoms with Gasteiger partial charge >= 0.3 is 5.69 Å². The van der Waals surface area contributed by atoms with E-state index in [-0.39, 0.29) is 11.7 Å². The molecule has 0 saturated carbocycles. The van der Waals surface area contributed by atoms with E-state index in [2.05, 4.69) is 5.32 Å². The fourth-order valence-corrected chi connectivity index (χ4v) is 1.23. The van der Waals surface area contributed by atoms with E-state index in [1.54, 1.807) is 6.92 Å². The fraction of sp³-hybridized carbons (Fsp3) is 0.400. The van der Waals surface area contributed by atoms with Crippen molar-refractivity contribution >= 4 is 11.4 Å². The van der Waals surface area contributed by atoms with Crippen molar-refractivity contribution in [2.24, 2.45) is 0 Å². The number of nitro groups is 1. The van der Waals surface area contributed by atoms with Crippen LogP contribution in [0.3, 0.4) is 0 Å². The molecule has 0 saturated heterocycles. The van der Waals surface area contributed by atoms with Gasteiger partial charge in [0.15, 0.2) is 0 Å². The van der Waals surface area contributed by atoms with Crippen molar-refractivity contribution in [3.8, 4) is 0 Å². The average Bonchev–Trinajstić information content (AvgIpc) is 2.15. The van der Waals surface area contributed by atoms with Crippen molar-refractivity contribution in [3.05, 3.63) is 33.9 Å².